The lowest BCUT2D eigenvalue weighted by Crippen LogP contribution is -2.84. The Hall–Kier alpha value is -1.79. The molecule has 0 radical (unpaired) electrons. The molecule has 1 aromatic rings. The zero-order valence-corrected chi connectivity index (χ0v) is 15.2. The summed E-state index contributed by atoms with van der Waals surface area (Å²) in [6, 6.07) is 4.00. The number of alkyl halides is 11. The Balaban J connectivity index is 2.67. The van der Waals surface area contributed by atoms with E-state index < -0.39 is 52.9 Å². The van der Waals surface area contributed by atoms with Crippen LogP contribution >= 0.6 is 0 Å². The zero-order chi connectivity index (χ0) is 23.6. The lowest BCUT2D eigenvalue weighted by molar-refractivity contribution is -0.488. The van der Waals surface area contributed by atoms with Gasteiger partial charge in [-0.1, -0.05) is 12.1 Å². The van der Waals surface area contributed by atoms with Crippen LogP contribution in [-0.4, -0.2) is 47.0 Å². The van der Waals surface area contributed by atoms with E-state index in [1.807, 2.05) is 0 Å². The monoisotopic (exact) mass is 460 g/mol. The van der Waals surface area contributed by atoms with Gasteiger partial charge in [0, 0.05) is 6.42 Å². The maximum Gasteiger partial charge on any atom is 0.384 e. The van der Waals surface area contributed by atoms with Gasteiger partial charge in [0.2, 0.25) is 0 Å². The normalized spacial score (nSPS) is 27.1. The fourth-order valence-corrected chi connectivity index (χ4v) is 3.17. The highest BCUT2D eigenvalue weighted by molar-refractivity contribution is 5.34. The lowest BCUT2D eigenvalue weighted by atomic mass is 9.67. The van der Waals surface area contributed by atoms with Crippen molar-refractivity contribution in [2.45, 2.75) is 61.2 Å². The van der Waals surface area contributed by atoms with E-state index in [1.165, 1.54) is 13.0 Å². The third-order valence-electron chi connectivity index (χ3n) is 4.93. The molecule has 0 amide bonds. The Morgan fingerprint density at radius 3 is 1.67 bits per heavy atom. The van der Waals surface area contributed by atoms with Gasteiger partial charge in [0.25, 0.3) is 5.67 Å². The maximum atomic E-state index is 14.9. The topological polar surface area (TPSA) is 29.5 Å². The number of hydrogen-bond acceptors (Lipinski definition) is 2. The first-order chi connectivity index (χ1) is 13.2. The maximum absolute atomic E-state index is 14.9. The van der Waals surface area contributed by atoms with E-state index in [1.54, 1.807) is 0 Å². The van der Waals surface area contributed by atoms with Crippen molar-refractivity contribution in [2.75, 3.05) is 6.61 Å². The molecule has 1 aromatic carbocycles. The molecule has 0 heterocycles. The predicted octanol–water partition coefficient (Wildman–Crippen LogP) is 5.58. The van der Waals surface area contributed by atoms with Crippen molar-refractivity contribution in [2.24, 2.45) is 0 Å². The van der Waals surface area contributed by atoms with Crippen LogP contribution in [0.15, 0.2) is 24.3 Å². The largest absolute Gasteiger partial charge is 0.494 e. The molecule has 1 unspecified atom stereocenters. The van der Waals surface area contributed by atoms with Crippen LogP contribution in [0.1, 0.15) is 25.8 Å². The zero-order valence-electron chi connectivity index (χ0n) is 15.2. The van der Waals surface area contributed by atoms with Gasteiger partial charge >= 0.3 is 29.6 Å². The molecule has 2 rings (SSSR count). The molecule has 0 bridgehead atoms. The quantitative estimate of drug-likeness (QED) is 0.582. The predicted molar refractivity (Wildman–Crippen MR) is 80.4 cm³/mol. The second-order valence-corrected chi connectivity index (χ2v) is 7.08. The van der Waals surface area contributed by atoms with Crippen LogP contribution in [0.25, 0.3) is 0 Å². The molecule has 1 aliphatic carbocycles. The van der Waals surface area contributed by atoms with Crippen molar-refractivity contribution in [3.05, 3.63) is 29.8 Å². The minimum atomic E-state index is -7.29. The summed E-state index contributed by atoms with van der Waals surface area (Å²) in [5.74, 6) is -35.8. The number of hydrogen-bond donors (Lipinski definition) is 1. The van der Waals surface area contributed by atoms with Gasteiger partial charge in [-0.3, -0.25) is 0 Å². The van der Waals surface area contributed by atoms with Crippen LogP contribution in [0.3, 0.4) is 0 Å². The van der Waals surface area contributed by atoms with Gasteiger partial charge in [0.05, 0.1) is 12.2 Å². The molecule has 2 nitrogen and oxygen atoms in total. The smallest absolute Gasteiger partial charge is 0.384 e. The van der Waals surface area contributed by atoms with Crippen molar-refractivity contribution >= 4 is 0 Å². The number of rotatable bonds is 5. The lowest BCUT2D eigenvalue weighted by Gasteiger charge is -2.53. The van der Waals surface area contributed by atoms with Crippen molar-refractivity contribution in [3.63, 3.8) is 0 Å². The molecule has 1 saturated carbocycles. The van der Waals surface area contributed by atoms with E-state index in [4.69, 9.17) is 4.74 Å². The molecule has 13 heteroatoms. The number of aliphatic hydroxyl groups is 1. The van der Waals surface area contributed by atoms with E-state index in [0.29, 0.717) is 6.92 Å². The molecular weight excluding hydrogens is 445 g/mol. The summed E-state index contributed by atoms with van der Waals surface area (Å²) >= 11 is 0. The van der Waals surface area contributed by atoms with Crippen LogP contribution in [0.5, 0.6) is 5.75 Å². The first-order valence-electron chi connectivity index (χ1n) is 8.28. The minimum absolute atomic E-state index is 0.0301. The van der Waals surface area contributed by atoms with E-state index in [9.17, 15) is 53.4 Å². The van der Waals surface area contributed by atoms with Crippen LogP contribution in [-0.2, 0) is 5.60 Å². The molecule has 1 N–H and O–H groups in total. The second kappa shape index (κ2) is 6.60. The summed E-state index contributed by atoms with van der Waals surface area (Å²) in [6.45, 7) is 1.92. The standard InChI is InChI=1S/C17H15F11O2/c1-3-30-10-6-4-5-9(7-10)11(2,29)8-12(18)13(19,20)15(23,24)17(27,28)16(25,26)14(12,21)22/h4-7,29H,3,8H2,1-2H3. The van der Waals surface area contributed by atoms with Gasteiger partial charge < -0.3 is 9.84 Å². The Kier molecular flexibility index (Phi) is 5.39. The highest BCUT2D eigenvalue weighted by Crippen LogP contribution is 2.71. The van der Waals surface area contributed by atoms with E-state index in [2.05, 4.69) is 0 Å². The summed E-state index contributed by atoms with van der Waals surface area (Å²) in [4.78, 5) is 0. The summed E-state index contributed by atoms with van der Waals surface area (Å²) in [5.41, 5.74) is -10.1. The van der Waals surface area contributed by atoms with Gasteiger partial charge in [-0.15, -0.1) is 0 Å². The molecule has 0 aromatic heterocycles. The Morgan fingerprint density at radius 2 is 1.23 bits per heavy atom. The highest BCUT2D eigenvalue weighted by atomic mass is 19.4. The van der Waals surface area contributed by atoms with Crippen molar-refractivity contribution in [3.8, 4) is 5.75 Å². The molecule has 0 saturated heterocycles. The molecule has 172 valence electrons. The summed E-state index contributed by atoms with van der Waals surface area (Å²) in [7, 11) is 0. The summed E-state index contributed by atoms with van der Waals surface area (Å²) in [5, 5.41) is 10.3. The average molecular weight is 460 g/mol. The van der Waals surface area contributed by atoms with Crippen molar-refractivity contribution in [1.29, 1.82) is 0 Å². The molecule has 1 fully saturated rings. The second-order valence-electron chi connectivity index (χ2n) is 7.08. The van der Waals surface area contributed by atoms with Gasteiger partial charge in [-0.25, -0.2) is 4.39 Å². The SMILES string of the molecule is CCOc1cccc(C(C)(O)CC2(F)C(F)(F)C(F)(F)C(F)(F)C(F)(F)C2(F)F)c1. The van der Waals surface area contributed by atoms with Gasteiger partial charge in [-0.05, 0) is 31.5 Å². The molecule has 0 spiro atoms. The molecule has 0 aliphatic heterocycles. The molecule has 1 aliphatic rings. The molecule has 1 atom stereocenters. The van der Waals surface area contributed by atoms with E-state index in [0.717, 1.165) is 18.2 Å². The molecule has 30 heavy (non-hydrogen) atoms. The Labute approximate surface area is 162 Å². The third kappa shape index (κ3) is 2.79. The van der Waals surface area contributed by atoms with Gasteiger partial charge in [0.15, 0.2) is 0 Å². The first-order valence-corrected chi connectivity index (χ1v) is 8.28. The fourth-order valence-electron chi connectivity index (χ4n) is 3.17. The first kappa shape index (κ1) is 24.5. The Bertz CT molecular complexity index is 775. The van der Waals surface area contributed by atoms with Crippen LogP contribution in [0.4, 0.5) is 48.3 Å². The van der Waals surface area contributed by atoms with Gasteiger partial charge in [-0.2, -0.15) is 43.9 Å². The van der Waals surface area contributed by atoms with Gasteiger partial charge in [0.1, 0.15) is 5.75 Å². The van der Waals surface area contributed by atoms with Crippen LogP contribution in [0.2, 0.25) is 0 Å². The van der Waals surface area contributed by atoms with Crippen LogP contribution in [0, 0.1) is 0 Å². The van der Waals surface area contributed by atoms with Crippen molar-refractivity contribution < 1.29 is 58.1 Å². The number of ether oxygens (including phenoxy) is 1. The summed E-state index contributed by atoms with van der Waals surface area (Å²) < 4.78 is 157. The highest BCUT2D eigenvalue weighted by Gasteiger charge is 3.01. The summed E-state index contributed by atoms with van der Waals surface area (Å²) in [6.07, 6.45) is -2.77. The molecular formula is C17H15F11O2. The minimum Gasteiger partial charge on any atom is -0.494 e. The van der Waals surface area contributed by atoms with Crippen molar-refractivity contribution in [1.82, 2.24) is 0 Å². The average Bonchev–Trinajstić information content (AvgIpc) is 2.60. The van der Waals surface area contributed by atoms with Crippen LogP contribution < -0.4 is 4.74 Å². The van der Waals surface area contributed by atoms with E-state index >= 15 is 0 Å². The van der Waals surface area contributed by atoms with E-state index in [-0.39, 0.29) is 12.4 Å². The number of benzene rings is 1. The third-order valence-corrected chi connectivity index (χ3v) is 4.93. The Morgan fingerprint density at radius 1 is 0.800 bits per heavy atom. The fraction of sp³-hybridized carbons (Fsp3) is 0.647. The number of halogens is 11.